The van der Waals surface area contributed by atoms with Gasteiger partial charge in [0.05, 0.1) is 15.2 Å². The fourth-order valence-corrected chi connectivity index (χ4v) is 4.41. The minimum atomic E-state index is -1.24. The van der Waals surface area contributed by atoms with Gasteiger partial charge in [-0.3, -0.25) is 19.2 Å². The van der Waals surface area contributed by atoms with Crippen molar-refractivity contribution in [2.45, 2.75) is 52.0 Å². The number of carbonyl (C=O) groups excluding carboxylic acids is 4. The fourth-order valence-electron chi connectivity index (χ4n) is 3.65. The number of ketones is 2. The number of aliphatic hydroxyl groups is 1. The summed E-state index contributed by atoms with van der Waals surface area (Å²) in [7, 11) is 0. The third kappa shape index (κ3) is 4.78. The van der Waals surface area contributed by atoms with Gasteiger partial charge >= 0.3 is 5.97 Å². The van der Waals surface area contributed by atoms with Crippen LogP contribution in [0.2, 0.25) is 0 Å². The quantitative estimate of drug-likeness (QED) is 0.327. The maximum absolute atomic E-state index is 13.1. The van der Waals surface area contributed by atoms with Crippen LogP contribution < -0.4 is 5.32 Å². The molecule has 0 radical (unpaired) electrons. The van der Waals surface area contributed by atoms with E-state index in [1.54, 1.807) is 38.1 Å². The van der Waals surface area contributed by atoms with Gasteiger partial charge in [-0.25, -0.2) is 0 Å². The second kappa shape index (κ2) is 9.14. The van der Waals surface area contributed by atoms with Gasteiger partial charge in [0.25, 0.3) is 5.91 Å². The van der Waals surface area contributed by atoms with Gasteiger partial charge in [0, 0.05) is 12.5 Å². The molecule has 0 spiro atoms. The molecule has 1 aromatic carbocycles. The van der Waals surface area contributed by atoms with Crippen molar-refractivity contribution in [2.24, 2.45) is 5.92 Å². The molecule has 8 nitrogen and oxygen atoms in total. The lowest BCUT2D eigenvalue weighted by Crippen LogP contribution is -2.59. The van der Waals surface area contributed by atoms with Crippen LogP contribution in [0.25, 0.3) is 0 Å². The van der Waals surface area contributed by atoms with E-state index < -0.39 is 41.3 Å². The number of nitrogens with one attached hydrogen (secondary N) is 1. The molecule has 0 aromatic heterocycles. The maximum atomic E-state index is 13.1. The summed E-state index contributed by atoms with van der Waals surface area (Å²) in [5, 5.41) is 13.7. The Hall–Kier alpha value is -2.53. The standard InChI is InChI=1S/C23H24INO7/c1-11(26)15-9-16(24)20-17(19(15)28)18(21(29)23(3,4)32-20)25-22(30)14-7-5-6-13(8-14)10-31-12(2)27/h5-9,15,18,21,29H,10H2,1-4H3,(H,25,30)/t15?,18-,21+/m0/s1. The Morgan fingerprint density at radius 3 is 2.56 bits per heavy atom. The largest absolute Gasteiger partial charge is 0.483 e. The van der Waals surface area contributed by atoms with Crippen LogP contribution in [-0.2, 0) is 30.5 Å². The van der Waals surface area contributed by atoms with E-state index in [1.165, 1.54) is 19.9 Å². The van der Waals surface area contributed by atoms with E-state index in [4.69, 9.17) is 9.47 Å². The number of benzene rings is 1. The van der Waals surface area contributed by atoms with Gasteiger partial charge in [-0.1, -0.05) is 12.1 Å². The highest BCUT2D eigenvalue weighted by Crippen LogP contribution is 2.42. The molecular weight excluding hydrogens is 529 g/mol. The van der Waals surface area contributed by atoms with E-state index in [-0.39, 0.29) is 29.3 Å². The van der Waals surface area contributed by atoms with Crippen molar-refractivity contribution >= 4 is 46.0 Å². The van der Waals surface area contributed by atoms with E-state index in [2.05, 4.69) is 5.32 Å². The van der Waals surface area contributed by atoms with Crippen molar-refractivity contribution in [3.05, 3.63) is 56.4 Å². The molecule has 1 aromatic rings. The molecule has 1 aliphatic carbocycles. The van der Waals surface area contributed by atoms with Crippen LogP contribution in [0.4, 0.5) is 0 Å². The Morgan fingerprint density at radius 1 is 1.25 bits per heavy atom. The molecule has 1 amide bonds. The van der Waals surface area contributed by atoms with E-state index in [1.807, 2.05) is 22.6 Å². The predicted molar refractivity (Wildman–Crippen MR) is 123 cm³/mol. The smallest absolute Gasteiger partial charge is 0.302 e. The van der Waals surface area contributed by atoms with E-state index >= 15 is 0 Å². The highest BCUT2D eigenvalue weighted by molar-refractivity contribution is 14.1. The third-order valence-corrected chi connectivity index (χ3v) is 6.23. The molecule has 0 bridgehead atoms. The summed E-state index contributed by atoms with van der Waals surface area (Å²) in [6, 6.07) is 5.42. The molecule has 1 aliphatic heterocycles. The minimum Gasteiger partial charge on any atom is -0.483 e. The Morgan fingerprint density at radius 2 is 1.94 bits per heavy atom. The molecule has 1 heterocycles. The second-order valence-corrected chi connectivity index (χ2v) is 9.45. The van der Waals surface area contributed by atoms with Crippen molar-refractivity contribution < 1.29 is 33.8 Å². The summed E-state index contributed by atoms with van der Waals surface area (Å²) >= 11 is 1.99. The third-order valence-electron chi connectivity index (χ3n) is 5.38. The topological polar surface area (TPSA) is 119 Å². The lowest BCUT2D eigenvalue weighted by molar-refractivity contribution is -0.142. The average Bonchev–Trinajstić information content (AvgIpc) is 2.72. The van der Waals surface area contributed by atoms with Crippen molar-refractivity contribution in [1.29, 1.82) is 0 Å². The summed E-state index contributed by atoms with van der Waals surface area (Å²) in [6.45, 7) is 5.94. The van der Waals surface area contributed by atoms with Crippen LogP contribution >= 0.6 is 22.6 Å². The lowest BCUT2D eigenvalue weighted by atomic mass is 9.78. The van der Waals surface area contributed by atoms with Crippen molar-refractivity contribution in [3.8, 4) is 0 Å². The molecule has 3 atom stereocenters. The van der Waals surface area contributed by atoms with Gasteiger partial charge in [0.1, 0.15) is 35.8 Å². The number of hydrogen-bond donors (Lipinski definition) is 2. The van der Waals surface area contributed by atoms with Crippen molar-refractivity contribution in [3.63, 3.8) is 0 Å². The number of esters is 1. The van der Waals surface area contributed by atoms with Gasteiger partial charge in [-0.05, 0) is 67.1 Å². The monoisotopic (exact) mass is 553 g/mol. The molecule has 9 heteroatoms. The zero-order valence-corrected chi connectivity index (χ0v) is 20.3. The van der Waals surface area contributed by atoms with Gasteiger partial charge < -0.3 is 19.9 Å². The number of rotatable bonds is 5. The molecule has 3 rings (SSSR count). The number of halogens is 1. The molecular formula is C23H24INO7. The summed E-state index contributed by atoms with van der Waals surface area (Å²) in [5.74, 6) is -2.54. The van der Waals surface area contributed by atoms with Gasteiger partial charge in [0.15, 0.2) is 5.78 Å². The Bertz CT molecular complexity index is 1060. The Kier molecular flexibility index (Phi) is 6.89. The Labute approximate surface area is 199 Å². The summed E-state index contributed by atoms with van der Waals surface area (Å²) < 4.78 is 11.5. The number of allylic oxidation sites excluding steroid dienone is 2. The molecule has 0 saturated heterocycles. The minimum absolute atomic E-state index is 0.0143. The van der Waals surface area contributed by atoms with Crippen molar-refractivity contribution in [1.82, 2.24) is 5.32 Å². The molecule has 2 N–H and O–H groups in total. The molecule has 170 valence electrons. The van der Waals surface area contributed by atoms with E-state index in [9.17, 15) is 24.3 Å². The van der Waals surface area contributed by atoms with E-state index in [0.29, 0.717) is 9.14 Å². The summed E-state index contributed by atoms with van der Waals surface area (Å²) in [6.07, 6.45) is 0.295. The number of aliphatic hydroxyl groups excluding tert-OH is 1. The number of ether oxygens (including phenoxy) is 2. The highest BCUT2D eigenvalue weighted by atomic mass is 127. The first kappa shape index (κ1) is 24.1. The van der Waals surface area contributed by atoms with E-state index in [0.717, 1.165) is 0 Å². The second-order valence-electron chi connectivity index (χ2n) is 8.29. The molecule has 0 saturated carbocycles. The first-order valence-corrected chi connectivity index (χ1v) is 11.1. The molecule has 32 heavy (non-hydrogen) atoms. The first-order valence-electron chi connectivity index (χ1n) is 9.99. The summed E-state index contributed by atoms with van der Waals surface area (Å²) in [4.78, 5) is 49.2. The number of carbonyl (C=O) groups is 4. The predicted octanol–water partition coefficient (Wildman–Crippen LogP) is 2.38. The van der Waals surface area contributed by atoms with Gasteiger partial charge in [0.2, 0.25) is 0 Å². The molecule has 0 fully saturated rings. The number of hydrogen-bond acceptors (Lipinski definition) is 7. The summed E-state index contributed by atoms with van der Waals surface area (Å²) in [5.41, 5.74) is -0.136. The van der Waals surface area contributed by atoms with Gasteiger partial charge in [-0.2, -0.15) is 0 Å². The normalized spacial score (nSPS) is 24.1. The van der Waals surface area contributed by atoms with Crippen LogP contribution in [0.5, 0.6) is 0 Å². The van der Waals surface area contributed by atoms with Crippen LogP contribution in [-0.4, -0.2) is 46.3 Å². The van der Waals surface area contributed by atoms with Crippen LogP contribution in [0.3, 0.4) is 0 Å². The Balaban J connectivity index is 1.95. The van der Waals surface area contributed by atoms with Crippen LogP contribution in [0.15, 0.2) is 45.3 Å². The maximum Gasteiger partial charge on any atom is 0.302 e. The lowest BCUT2D eigenvalue weighted by Gasteiger charge is -2.44. The molecule has 1 unspecified atom stereocenters. The zero-order valence-electron chi connectivity index (χ0n) is 18.1. The van der Waals surface area contributed by atoms with Crippen LogP contribution in [0.1, 0.15) is 43.6 Å². The first-order chi connectivity index (χ1) is 14.9. The average molecular weight is 553 g/mol. The zero-order chi connectivity index (χ0) is 23.8. The van der Waals surface area contributed by atoms with Crippen molar-refractivity contribution in [2.75, 3.05) is 0 Å². The number of amides is 1. The van der Waals surface area contributed by atoms with Gasteiger partial charge in [-0.15, -0.1) is 0 Å². The van der Waals surface area contributed by atoms with Crippen LogP contribution in [0, 0.1) is 5.92 Å². The fraction of sp³-hybridized carbons (Fsp3) is 0.391. The SMILES string of the molecule is CC(=O)OCc1cccc(C(=O)N[C@H]2C3=C(OC(C)(C)[C@@H]2O)C(I)=CC(C(C)=O)C3=O)c1. The molecule has 2 aliphatic rings. The number of Topliss-reactive ketones (excluding diaryl/α,β-unsaturated/α-hetero) is 2. The highest BCUT2D eigenvalue weighted by Gasteiger charge is 2.50.